The SMILES string of the molecule is CS(=O)(=O)N1CCN(Cc2nc3sc(-c4ccccc4)cc3c(=O)[nH]2)CC1. The van der Waals surface area contributed by atoms with E-state index in [9.17, 15) is 13.2 Å². The molecule has 9 heteroatoms. The monoisotopic (exact) mass is 404 g/mol. The Morgan fingerprint density at radius 3 is 2.52 bits per heavy atom. The molecule has 0 aliphatic carbocycles. The van der Waals surface area contributed by atoms with Gasteiger partial charge in [-0.05, 0) is 11.6 Å². The minimum absolute atomic E-state index is 0.136. The molecule has 1 aliphatic rings. The van der Waals surface area contributed by atoms with Crippen LogP contribution in [-0.4, -0.2) is 60.0 Å². The summed E-state index contributed by atoms with van der Waals surface area (Å²) in [6.07, 6.45) is 1.23. The van der Waals surface area contributed by atoms with Gasteiger partial charge in [-0.25, -0.2) is 13.4 Å². The average molecular weight is 405 g/mol. The molecule has 0 radical (unpaired) electrons. The third kappa shape index (κ3) is 3.96. The van der Waals surface area contributed by atoms with E-state index in [-0.39, 0.29) is 5.56 Å². The quantitative estimate of drug-likeness (QED) is 0.716. The predicted molar refractivity (Wildman–Crippen MR) is 107 cm³/mol. The van der Waals surface area contributed by atoms with E-state index in [0.29, 0.717) is 43.9 Å². The van der Waals surface area contributed by atoms with Crippen LogP contribution < -0.4 is 5.56 Å². The van der Waals surface area contributed by atoms with Crippen molar-refractivity contribution in [2.24, 2.45) is 0 Å². The zero-order chi connectivity index (χ0) is 19.0. The van der Waals surface area contributed by atoms with Gasteiger partial charge in [0.15, 0.2) is 0 Å². The molecule has 27 heavy (non-hydrogen) atoms. The number of piperazine rings is 1. The molecule has 1 saturated heterocycles. The summed E-state index contributed by atoms with van der Waals surface area (Å²) in [5.41, 5.74) is 0.932. The highest BCUT2D eigenvalue weighted by Gasteiger charge is 2.24. The number of aromatic amines is 1. The number of benzene rings is 1. The van der Waals surface area contributed by atoms with E-state index < -0.39 is 10.0 Å². The van der Waals surface area contributed by atoms with Gasteiger partial charge in [0.05, 0.1) is 18.2 Å². The van der Waals surface area contributed by atoms with Gasteiger partial charge in [-0.2, -0.15) is 4.31 Å². The molecule has 4 rings (SSSR count). The Bertz CT molecular complexity index is 1110. The maximum Gasteiger partial charge on any atom is 0.259 e. The fraction of sp³-hybridized carbons (Fsp3) is 0.333. The summed E-state index contributed by atoms with van der Waals surface area (Å²) in [7, 11) is -3.15. The minimum atomic E-state index is -3.15. The lowest BCUT2D eigenvalue weighted by molar-refractivity contribution is 0.178. The first-order chi connectivity index (χ1) is 12.9. The maximum absolute atomic E-state index is 12.5. The molecule has 142 valence electrons. The van der Waals surface area contributed by atoms with Gasteiger partial charge in [0.2, 0.25) is 10.0 Å². The lowest BCUT2D eigenvalue weighted by Crippen LogP contribution is -2.48. The number of H-pyrrole nitrogens is 1. The number of nitrogens with zero attached hydrogens (tertiary/aromatic N) is 3. The summed E-state index contributed by atoms with van der Waals surface area (Å²) < 4.78 is 24.7. The van der Waals surface area contributed by atoms with Gasteiger partial charge in [-0.15, -0.1) is 11.3 Å². The summed E-state index contributed by atoms with van der Waals surface area (Å²) in [4.78, 5) is 23.8. The molecule has 2 aromatic heterocycles. The van der Waals surface area contributed by atoms with Crippen LogP contribution in [0.15, 0.2) is 41.2 Å². The van der Waals surface area contributed by atoms with Crippen molar-refractivity contribution in [2.45, 2.75) is 6.54 Å². The standard InChI is InChI=1S/C18H20N4O3S2/c1-27(24,25)22-9-7-21(8-10-22)12-16-19-17(23)14-11-15(26-18(14)20-16)13-5-3-2-4-6-13/h2-6,11H,7-10,12H2,1H3,(H,19,20,23). The van der Waals surface area contributed by atoms with E-state index in [1.165, 1.54) is 21.9 Å². The zero-order valence-electron chi connectivity index (χ0n) is 14.9. The van der Waals surface area contributed by atoms with Crippen molar-refractivity contribution < 1.29 is 8.42 Å². The van der Waals surface area contributed by atoms with Gasteiger partial charge in [-0.1, -0.05) is 30.3 Å². The van der Waals surface area contributed by atoms with Crippen LogP contribution in [0.25, 0.3) is 20.7 Å². The summed E-state index contributed by atoms with van der Waals surface area (Å²) in [6, 6.07) is 11.8. The van der Waals surface area contributed by atoms with Crippen molar-refractivity contribution in [1.29, 1.82) is 0 Å². The normalized spacial score (nSPS) is 16.8. The highest BCUT2D eigenvalue weighted by atomic mass is 32.2. The van der Waals surface area contributed by atoms with Crippen LogP contribution in [0.1, 0.15) is 5.82 Å². The fourth-order valence-corrected chi connectivity index (χ4v) is 5.11. The van der Waals surface area contributed by atoms with E-state index in [4.69, 9.17) is 0 Å². The van der Waals surface area contributed by atoms with E-state index in [2.05, 4.69) is 14.9 Å². The van der Waals surface area contributed by atoms with E-state index in [1.54, 1.807) is 0 Å². The van der Waals surface area contributed by atoms with Crippen LogP contribution in [0.5, 0.6) is 0 Å². The smallest absolute Gasteiger partial charge is 0.259 e. The van der Waals surface area contributed by atoms with Gasteiger partial charge < -0.3 is 4.98 Å². The molecule has 1 fully saturated rings. The molecule has 1 aliphatic heterocycles. The second-order valence-corrected chi connectivity index (χ2v) is 9.66. The third-order valence-corrected chi connectivity index (χ3v) is 7.06. The van der Waals surface area contributed by atoms with Gasteiger partial charge in [0.1, 0.15) is 10.7 Å². The molecule has 0 atom stereocenters. The summed E-state index contributed by atoms with van der Waals surface area (Å²) in [6.45, 7) is 2.66. The summed E-state index contributed by atoms with van der Waals surface area (Å²) in [5.74, 6) is 0.613. The Balaban J connectivity index is 1.54. The maximum atomic E-state index is 12.5. The van der Waals surface area contributed by atoms with Gasteiger partial charge in [0, 0.05) is 31.1 Å². The number of sulfonamides is 1. The summed E-state index contributed by atoms with van der Waals surface area (Å²) >= 11 is 1.51. The van der Waals surface area contributed by atoms with Crippen LogP contribution in [-0.2, 0) is 16.6 Å². The molecule has 0 spiro atoms. The van der Waals surface area contributed by atoms with Crippen LogP contribution in [0.3, 0.4) is 0 Å². The van der Waals surface area contributed by atoms with Crippen molar-refractivity contribution in [1.82, 2.24) is 19.2 Å². The summed E-state index contributed by atoms with van der Waals surface area (Å²) in [5, 5.41) is 0.601. The molecular formula is C18H20N4O3S2. The van der Waals surface area contributed by atoms with Gasteiger partial charge in [0.25, 0.3) is 5.56 Å². The fourth-order valence-electron chi connectivity index (χ4n) is 3.23. The lowest BCUT2D eigenvalue weighted by atomic mass is 10.2. The lowest BCUT2D eigenvalue weighted by Gasteiger charge is -2.32. The molecule has 0 saturated carbocycles. The van der Waals surface area contributed by atoms with Gasteiger partial charge >= 0.3 is 0 Å². The molecule has 0 amide bonds. The second-order valence-electron chi connectivity index (χ2n) is 6.65. The van der Waals surface area contributed by atoms with Crippen molar-refractivity contribution >= 4 is 31.6 Å². The van der Waals surface area contributed by atoms with E-state index >= 15 is 0 Å². The minimum Gasteiger partial charge on any atom is -0.309 e. The Morgan fingerprint density at radius 2 is 1.85 bits per heavy atom. The Labute approximate surface area is 161 Å². The first-order valence-electron chi connectivity index (χ1n) is 8.66. The van der Waals surface area contributed by atoms with Crippen LogP contribution >= 0.6 is 11.3 Å². The van der Waals surface area contributed by atoms with E-state index in [1.807, 2.05) is 36.4 Å². The number of fused-ring (bicyclic) bond motifs is 1. The molecule has 1 N–H and O–H groups in total. The van der Waals surface area contributed by atoms with Crippen LogP contribution in [0.4, 0.5) is 0 Å². The van der Waals surface area contributed by atoms with Crippen molar-refractivity contribution in [3.8, 4) is 10.4 Å². The molecule has 1 aromatic carbocycles. The number of aromatic nitrogens is 2. The molecule has 3 heterocycles. The predicted octanol–water partition coefficient (Wildman–Crippen LogP) is 1.73. The third-order valence-electron chi connectivity index (χ3n) is 4.68. The van der Waals surface area contributed by atoms with Crippen molar-refractivity contribution in [2.75, 3.05) is 32.4 Å². The molecule has 0 unspecified atom stereocenters. The van der Waals surface area contributed by atoms with Crippen LogP contribution in [0.2, 0.25) is 0 Å². The Hall–Kier alpha value is -2.07. The second kappa shape index (κ2) is 7.16. The molecule has 3 aromatic rings. The van der Waals surface area contributed by atoms with Crippen molar-refractivity contribution in [3.05, 3.63) is 52.6 Å². The number of thiophene rings is 1. The Kier molecular flexibility index (Phi) is 4.85. The number of rotatable bonds is 4. The number of nitrogens with one attached hydrogen (secondary N) is 1. The molecule has 0 bridgehead atoms. The first-order valence-corrected chi connectivity index (χ1v) is 11.3. The number of hydrogen-bond donors (Lipinski definition) is 1. The largest absolute Gasteiger partial charge is 0.309 e. The average Bonchev–Trinajstić information content (AvgIpc) is 3.07. The molecule has 7 nitrogen and oxygen atoms in total. The highest BCUT2D eigenvalue weighted by molar-refractivity contribution is 7.88. The Morgan fingerprint density at radius 1 is 1.15 bits per heavy atom. The highest BCUT2D eigenvalue weighted by Crippen LogP contribution is 2.30. The molecular weight excluding hydrogens is 384 g/mol. The van der Waals surface area contributed by atoms with Crippen LogP contribution in [0, 0.1) is 0 Å². The van der Waals surface area contributed by atoms with Crippen molar-refractivity contribution in [3.63, 3.8) is 0 Å². The zero-order valence-corrected chi connectivity index (χ0v) is 16.5. The van der Waals surface area contributed by atoms with E-state index in [0.717, 1.165) is 15.3 Å². The number of hydrogen-bond acceptors (Lipinski definition) is 6. The van der Waals surface area contributed by atoms with Gasteiger partial charge in [-0.3, -0.25) is 9.69 Å². The topological polar surface area (TPSA) is 86.4 Å². The first kappa shape index (κ1) is 18.3.